The minimum atomic E-state index is 0.106. The fourth-order valence-corrected chi connectivity index (χ4v) is 2.66. The minimum Gasteiger partial charge on any atom is -0.353 e. The minimum absolute atomic E-state index is 0.106. The second-order valence-electron chi connectivity index (χ2n) is 5.21. The summed E-state index contributed by atoms with van der Waals surface area (Å²) in [7, 11) is 0. The van der Waals surface area contributed by atoms with Crippen molar-refractivity contribution in [2.75, 3.05) is 19.6 Å². The first-order valence-electron chi connectivity index (χ1n) is 7.55. The summed E-state index contributed by atoms with van der Waals surface area (Å²) in [6.45, 7) is 4.36. The van der Waals surface area contributed by atoms with Crippen LogP contribution in [0.25, 0.3) is 0 Å². The zero-order valence-electron chi connectivity index (χ0n) is 12.2. The van der Waals surface area contributed by atoms with E-state index in [4.69, 9.17) is 0 Å². The van der Waals surface area contributed by atoms with Gasteiger partial charge in [-0.3, -0.25) is 4.79 Å². The lowest BCUT2D eigenvalue weighted by Crippen LogP contribution is -2.35. The Morgan fingerprint density at radius 1 is 1.25 bits per heavy atom. The smallest absolute Gasteiger partial charge is 0.248 e. The SMILES string of the molecule is CCNC(=O)C1=C(CCCc2ccccc2)CCNC1. The molecule has 1 aromatic carbocycles. The lowest BCUT2D eigenvalue weighted by Gasteiger charge is -2.21. The molecule has 0 aliphatic carbocycles. The molecule has 0 saturated heterocycles. The van der Waals surface area contributed by atoms with Crippen LogP contribution < -0.4 is 10.6 Å². The Morgan fingerprint density at radius 2 is 2.05 bits per heavy atom. The van der Waals surface area contributed by atoms with Gasteiger partial charge in [0, 0.05) is 18.7 Å². The maximum Gasteiger partial charge on any atom is 0.248 e. The Bertz CT molecular complexity index is 465. The molecule has 0 atom stereocenters. The summed E-state index contributed by atoms with van der Waals surface area (Å²) in [5.41, 5.74) is 3.68. The molecule has 0 fully saturated rings. The molecule has 2 rings (SSSR count). The summed E-state index contributed by atoms with van der Waals surface area (Å²) in [6.07, 6.45) is 4.23. The van der Waals surface area contributed by atoms with Crippen LogP contribution in [-0.4, -0.2) is 25.5 Å². The van der Waals surface area contributed by atoms with Crippen LogP contribution >= 0.6 is 0 Å². The van der Waals surface area contributed by atoms with Crippen molar-refractivity contribution in [3.8, 4) is 0 Å². The van der Waals surface area contributed by atoms with Gasteiger partial charge < -0.3 is 10.6 Å². The van der Waals surface area contributed by atoms with Gasteiger partial charge in [-0.25, -0.2) is 0 Å². The van der Waals surface area contributed by atoms with E-state index < -0.39 is 0 Å². The molecule has 0 radical (unpaired) electrons. The van der Waals surface area contributed by atoms with Gasteiger partial charge in [-0.1, -0.05) is 35.9 Å². The average molecular weight is 272 g/mol. The van der Waals surface area contributed by atoms with Gasteiger partial charge in [-0.2, -0.15) is 0 Å². The molecular weight excluding hydrogens is 248 g/mol. The van der Waals surface area contributed by atoms with Gasteiger partial charge in [0.2, 0.25) is 5.91 Å². The van der Waals surface area contributed by atoms with Crippen LogP contribution in [0.4, 0.5) is 0 Å². The van der Waals surface area contributed by atoms with E-state index in [-0.39, 0.29) is 5.91 Å². The van der Waals surface area contributed by atoms with Crippen molar-refractivity contribution in [1.82, 2.24) is 10.6 Å². The van der Waals surface area contributed by atoms with E-state index in [1.165, 1.54) is 11.1 Å². The van der Waals surface area contributed by atoms with Crippen LogP contribution in [0.5, 0.6) is 0 Å². The van der Waals surface area contributed by atoms with Gasteiger partial charge in [-0.05, 0) is 44.7 Å². The first-order chi connectivity index (χ1) is 9.81. The van der Waals surface area contributed by atoms with E-state index in [0.717, 1.165) is 37.8 Å². The summed E-state index contributed by atoms with van der Waals surface area (Å²) in [6, 6.07) is 10.5. The number of amides is 1. The number of rotatable bonds is 6. The van der Waals surface area contributed by atoms with Gasteiger partial charge in [0.1, 0.15) is 0 Å². The third-order valence-corrected chi connectivity index (χ3v) is 3.73. The van der Waals surface area contributed by atoms with Crippen molar-refractivity contribution in [1.29, 1.82) is 0 Å². The van der Waals surface area contributed by atoms with Gasteiger partial charge >= 0.3 is 0 Å². The number of hydrogen-bond donors (Lipinski definition) is 2. The van der Waals surface area contributed by atoms with Crippen molar-refractivity contribution < 1.29 is 4.79 Å². The number of benzene rings is 1. The number of nitrogens with one attached hydrogen (secondary N) is 2. The predicted molar refractivity (Wildman–Crippen MR) is 82.6 cm³/mol. The molecule has 2 N–H and O–H groups in total. The van der Waals surface area contributed by atoms with E-state index in [1.54, 1.807) is 0 Å². The number of hydrogen-bond acceptors (Lipinski definition) is 2. The average Bonchev–Trinajstić information content (AvgIpc) is 2.49. The largest absolute Gasteiger partial charge is 0.353 e. The van der Waals surface area contributed by atoms with Crippen molar-refractivity contribution in [2.24, 2.45) is 0 Å². The maximum absolute atomic E-state index is 12.0. The highest BCUT2D eigenvalue weighted by Gasteiger charge is 2.17. The molecule has 1 heterocycles. The normalized spacial score (nSPS) is 15.2. The Kier molecular flexibility index (Phi) is 5.81. The molecule has 108 valence electrons. The standard InChI is InChI=1S/C17H24N2O/c1-2-19-17(20)16-13-18-12-11-15(16)10-6-9-14-7-4-3-5-8-14/h3-5,7-8,18H,2,6,9-13H2,1H3,(H,19,20). The van der Waals surface area contributed by atoms with Crippen LogP contribution in [0, 0.1) is 0 Å². The number of carbonyl (C=O) groups is 1. The Labute approximate surface area is 121 Å². The first-order valence-corrected chi connectivity index (χ1v) is 7.55. The van der Waals surface area contributed by atoms with E-state index in [1.807, 2.05) is 13.0 Å². The molecule has 3 heteroatoms. The van der Waals surface area contributed by atoms with Crippen molar-refractivity contribution >= 4 is 5.91 Å². The van der Waals surface area contributed by atoms with Gasteiger partial charge in [-0.15, -0.1) is 0 Å². The lowest BCUT2D eigenvalue weighted by atomic mass is 9.94. The van der Waals surface area contributed by atoms with Crippen LogP contribution in [0.1, 0.15) is 31.7 Å². The molecule has 0 saturated carbocycles. The molecule has 1 aromatic rings. The van der Waals surface area contributed by atoms with Crippen molar-refractivity contribution in [3.05, 3.63) is 47.0 Å². The van der Waals surface area contributed by atoms with Crippen LogP contribution in [0.15, 0.2) is 41.5 Å². The number of aryl methyl sites for hydroxylation is 1. The fourth-order valence-electron chi connectivity index (χ4n) is 2.66. The van der Waals surface area contributed by atoms with Gasteiger partial charge in [0.05, 0.1) is 0 Å². The Balaban J connectivity index is 1.92. The summed E-state index contributed by atoms with van der Waals surface area (Å²) < 4.78 is 0. The molecule has 0 spiro atoms. The van der Waals surface area contributed by atoms with Crippen molar-refractivity contribution in [3.63, 3.8) is 0 Å². The molecule has 1 aliphatic rings. The molecule has 1 aliphatic heterocycles. The van der Waals surface area contributed by atoms with Gasteiger partial charge in [0.25, 0.3) is 0 Å². The van der Waals surface area contributed by atoms with Crippen molar-refractivity contribution in [2.45, 2.75) is 32.6 Å². The molecule has 0 bridgehead atoms. The van der Waals surface area contributed by atoms with Gasteiger partial charge in [0.15, 0.2) is 0 Å². The molecule has 20 heavy (non-hydrogen) atoms. The third-order valence-electron chi connectivity index (χ3n) is 3.73. The van der Waals surface area contributed by atoms with Crippen LogP contribution in [0.2, 0.25) is 0 Å². The first kappa shape index (κ1) is 14.8. The molecule has 0 unspecified atom stereocenters. The lowest BCUT2D eigenvalue weighted by molar-refractivity contribution is -0.117. The molecule has 0 aromatic heterocycles. The van der Waals surface area contributed by atoms with Crippen LogP contribution in [0.3, 0.4) is 0 Å². The van der Waals surface area contributed by atoms with Crippen LogP contribution in [-0.2, 0) is 11.2 Å². The summed E-state index contributed by atoms with van der Waals surface area (Å²) in [5.74, 6) is 0.106. The fraction of sp³-hybridized carbons (Fsp3) is 0.471. The zero-order chi connectivity index (χ0) is 14.2. The highest BCUT2D eigenvalue weighted by Crippen LogP contribution is 2.19. The quantitative estimate of drug-likeness (QED) is 0.835. The number of likely N-dealkylation sites (N-methyl/N-ethyl adjacent to an activating group) is 1. The molecular formula is C17H24N2O. The monoisotopic (exact) mass is 272 g/mol. The summed E-state index contributed by atoms with van der Waals surface area (Å²) in [4.78, 5) is 12.0. The summed E-state index contributed by atoms with van der Waals surface area (Å²) in [5, 5.41) is 6.21. The predicted octanol–water partition coefficient (Wildman–Crippen LogP) is 2.44. The molecule has 1 amide bonds. The highest BCUT2D eigenvalue weighted by atomic mass is 16.1. The second kappa shape index (κ2) is 7.85. The second-order valence-corrected chi connectivity index (χ2v) is 5.21. The van der Waals surface area contributed by atoms with E-state index in [0.29, 0.717) is 13.1 Å². The van der Waals surface area contributed by atoms with E-state index in [9.17, 15) is 4.79 Å². The topological polar surface area (TPSA) is 41.1 Å². The molecule has 3 nitrogen and oxygen atoms in total. The van der Waals surface area contributed by atoms with E-state index >= 15 is 0 Å². The number of carbonyl (C=O) groups excluding carboxylic acids is 1. The zero-order valence-corrected chi connectivity index (χ0v) is 12.2. The highest BCUT2D eigenvalue weighted by molar-refractivity contribution is 5.94. The Hall–Kier alpha value is -1.61. The maximum atomic E-state index is 12.0. The Morgan fingerprint density at radius 3 is 2.80 bits per heavy atom. The van der Waals surface area contributed by atoms with E-state index in [2.05, 4.69) is 34.9 Å². The third kappa shape index (κ3) is 4.20. The summed E-state index contributed by atoms with van der Waals surface area (Å²) >= 11 is 0.